The smallest absolute Gasteiger partial charge is 0.272 e. The quantitative estimate of drug-likeness (QED) is 0.672. The first-order valence-corrected chi connectivity index (χ1v) is 7.28. The number of hydrazone groups is 1. The maximum Gasteiger partial charge on any atom is 0.272 e. The zero-order valence-electron chi connectivity index (χ0n) is 12.4. The minimum atomic E-state index is -0.346. The molecule has 0 saturated heterocycles. The monoisotopic (exact) mass is 316 g/mol. The van der Waals surface area contributed by atoms with Gasteiger partial charge in [-0.2, -0.15) is 5.10 Å². The molecule has 0 bridgehead atoms. The van der Waals surface area contributed by atoms with Gasteiger partial charge in [0.1, 0.15) is 5.75 Å². The minimum Gasteiger partial charge on any atom is -0.491 e. The number of hydrogen-bond donors (Lipinski definition) is 1. The lowest BCUT2D eigenvalue weighted by Crippen LogP contribution is -2.17. The lowest BCUT2D eigenvalue weighted by Gasteiger charge is -2.09. The number of amides is 1. The van der Waals surface area contributed by atoms with E-state index in [1.807, 2.05) is 38.1 Å². The zero-order chi connectivity index (χ0) is 15.9. The first kappa shape index (κ1) is 16.0. The van der Waals surface area contributed by atoms with Crippen LogP contribution in [0.5, 0.6) is 5.75 Å². The molecule has 2 rings (SSSR count). The van der Waals surface area contributed by atoms with Crippen LogP contribution < -0.4 is 10.2 Å². The van der Waals surface area contributed by atoms with Crippen LogP contribution in [0.15, 0.2) is 53.6 Å². The molecule has 114 valence electrons. The molecule has 0 unspecified atom stereocenters. The summed E-state index contributed by atoms with van der Waals surface area (Å²) >= 11 is 5.95. The number of benzene rings is 2. The molecule has 0 spiro atoms. The number of carbonyl (C=O) groups is 1. The van der Waals surface area contributed by atoms with Gasteiger partial charge in [-0.25, -0.2) is 5.43 Å². The fourth-order valence-corrected chi connectivity index (χ4v) is 2.00. The van der Waals surface area contributed by atoms with Crippen LogP contribution in [0.25, 0.3) is 0 Å². The van der Waals surface area contributed by atoms with Gasteiger partial charge in [-0.1, -0.05) is 23.7 Å². The van der Waals surface area contributed by atoms with Crippen LogP contribution in [-0.2, 0) is 0 Å². The molecule has 1 N–H and O–H groups in total. The van der Waals surface area contributed by atoms with Crippen molar-refractivity contribution >= 4 is 23.7 Å². The van der Waals surface area contributed by atoms with Crippen molar-refractivity contribution in [3.8, 4) is 5.75 Å². The van der Waals surface area contributed by atoms with Crippen LogP contribution in [0.3, 0.4) is 0 Å². The van der Waals surface area contributed by atoms with E-state index in [-0.39, 0.29) is 12.0 Å². The van der Waals surface area contributed by atoms with E-state index in [1.165, 1.54) is 0 Å². The van der Waals surface area contributed by atoms with Crippen molar-refractivity contribution in [2.45, 2.75) is 20.0 Å². The van der Waals surface area contributed by atoms with Gasteiger partial charge in [0, 0.05) is 0 Å². The second kappa shape index (κ2) is 7.61. The molecule has 0 aliphatic heterocycles. The van der Waals surface area contributed by atoms with E-state index in [2.05, 4.69) is 10.5 Å². The van der Waals surface area contributed by atoms with Crippen molar-refractivity contribution in [3.05, 3.63) is 64.7 Å². The summed E-state index contributed by atoms with van der Waals surface area (Å²) in [6.45, 7) is 3.94. The normalized spacial score (nSPS) is 10.9. The Morgan fingerprint density at radius 3 is 2.50 bits per heavy atom. The van der Waals surface area contributed by atoms with Crippen LogP contribution in [0.2, 0.25) is 5.02 Å². The predicted octanol–water partition coefficient (Wildman–Crippen LogP) is 3.89. The first-order valence-electron chi connectivity index (χ1n) is 6.91. The Labute approximate surface area is 134 Å². The molecular formula is C17H17ClN2O2. The van der Waals surface area contributed by atoms with Gasteiger partial charge in [0.05, 0.1) is 22.9 Å². The molecule has 4 nitrogen and oxygen atoms in total. The molecule has 0 aliphatic carbocycles. The molecule has 2 aromatic rings. The van der Waals surface area contributed by atoms with Gasteiger partial charge in [-0.15, -0.1) is 0 Å². The van der Waals surface area contributed by atoms with Crippen molar-refractivity contribution < 1.29 is 9.53 Å². The van der Waals surface area contributed by atoms with Gasteiger partial charge in [0.2, 0.25) is 0 Å². The van der Waals surface area contributed by atoms with Gasteiger partial charge in [0.25, 0.3) is 5.91 Å². The topological polar surface area (TPSA) is 50.7 Å². The van der Waals surface area contributed by atoms with Crippen LogP contribution in [0.1, 0.15) is 29.8 Å². The second-order valence-electron chi connectivity index (χ2n) is 4.91. The van der Waals surface area contributed by atoms with Crippen LogP contribution in [-0.4, -0.2) is 18.2 Å². The highest BCUT2D eigenvalue weighted by molar-refractivity contribution is 6.33. The fraction of sp³-hybridized carbons (Fsp3) is 0.176. The summed E-state index contributed by atoms with van der Waals surface area (Å²) in [5, 5.41) is 4.32. The summed E-state index contributed by atoms with van der Waals surface area (Å²) in [6.07, 6.45) is 1.70. The molecule has 0 atom stereocenters. The minimum absolute atomic E-state index is 0.134. The Hall–Kier alpha value is -2.33. The maximum absolute atomic E-state index is 11.9. The highest BCUT2D eigenvalue weighted by atomic mass is 35.5. The van der Waals surface area contributed by atoms with Crippen molar-refractivity contribution in [1.29, 1.82) is 0 Å². The van der Waals surface area contributed by atoms with Crippen LogP contribution in [0.4, 0.5) is 0 Å². The summed E-state index contributed by atoms with van der Waals surface area (Å²) in [5.41, 5.74) is 3.70. The molecule has 0 aromatic heterocycles. The van der Waals surface area contributed by atoms with E-state index in [0.717, 1.165) is 11.3 Å². The average molecular weight is 317 g/mol. The average Bonchev–Trinajstić information content (AvgIpc) is 2.49. The number of halogens is 1. The molecule has 1 amide bonds. The Morgan fingerprint density at radius 1 is 1.18 bits per heavy atom. The largest absolute Gasteiger partial charge is 0.491 e. The summed E-state index contributed by atoms with van der Waals surface area (Å²) < 4.78 is 5.55. The number of hydrogen-bond acceptors (Lipinski definition) is 3. The van der Waals surface area contributed by atoms with Gasteiger partial charge >= 0.3 is 0 Å². The Bertz CT molecular complexity index is 667. The number of rotatable bonds is 5. The van der Waals surface area contributed by atoms with Gasteiger partial charge in [-0.05, 0) is 55.8 Å². The van der Waals surface area contributed by atoms with Crippen LogP contribution in [0, 0.1) is 0 Å². The third kappa shape index (κ3) is 4.60. The highest BCUT2D eigenvalue weighted by Crippen LogP contribution is 2.15. The van der Waals surface area contributed by atoms with E-state index < -0.39 is 0 Å². The van der Waals surface area contributed by atoms with Gasteiger partial charge < -0.3 is 4.74 Å². The maximum atomic E-state index is 11.9. The van der Waals surface area contributed by atoms with Crippen molar-refractivity contribution in [1.82, 2.24) is 5.43 Å². The Morgan fingerprint density at radius 2 is 1.86 bits per heavy atom. The number of ether oxygens (including phenoxy) is 1. The van der Waals surface area contributed by atoms with Crippen molar-refractivity contribution in [2.75, 3.05) is 0 Å². The third-order valence-electron chi connectivity index (χ3n) is 2.75. The lowest BCUT2D eigenvalue weighted by molar-refractivity contribution is 0.0955. The fourth-order valence-electron chi connectivity index (χ4n) is 1.78. The summed E-state index contributed by atoms with van der Waals surface area (Å²) in [5.74, 6) is 0.453. The van der Waals surface area contributed by atoms with E-state index in [0.29, 0.717) is 10.6 Å². The molecule has 5 heteroatoms. The molecule has 0 radical (unpaired) electrons. The van der Waals surface area contributed by atoms with E-state index in [4.69, 9.17) is 16.3 Å². The number of carbonyl (C=O) groups excluding carboxylic acids is 1. The summed E-state index contributed by atoms with van der Waals surface area (Å²) in [4.78, 5) is 11.9. The molecule has 2 aromatic carbocycles. The van der Waals surface area contributed by atoms with E-state index >= 15 is 0 Å². The third-order valence-corrected chi connectivity index (χ3v) is 3.08. The molecule has 0 saturated carbocycles. The van der Waals surface area contributed by atoms with Crippen molar-refractivity contribution in [2.24, 2.45) is 5.10 Å². The first-order chi connectivity index (χ1) is 10.6. The molecule has 0 aliphatic rings. The second-order valence-corrected chi connectivity index (χ2v) is 5.32. The highest BCUT2D eigenvalue weighted by Gasteiger charge is 2.07. The SMILES string of the molecule is CC(C)Oc1ccc(/C=N\NC(=O)c2ccccc2Cl)cc1. The molecular weight excluding hydrogens is 300 g/mol. The van der Waals surface area contributed by atoms with Gasteiger partial charge in [-0.3, -0.25) is 4.79 Å². The molecule has 0 fully saturated rings. The van der Waals surface area contributed by atoms with Crippen LogP contribution >= 0.6 is 11.6 Å². The molecule has 22 heavy (non-hydrogen) atoms. The lowest BCUT2D eigenvalue weighted by atomic mass is 10.2. The zero-order valence-corrected chi connectivity index (χ0v) is 13.2. The van der Waals surface area contributed by atoms with Crippen molar-refractivity contribution in [3.63, 3.8) is 0 Å². The summed E-state index contributed by atoms with van der Waals surface area (Å²) in [7, 11) is 0. The number of nitrogens with zero attached hydrogens (tertiary/aromatic N) is 1. The number of nitrogens with one attached hydrogen (secondary N) is 1. The standard InChI is InChI=1S/C17H17ClN2O2/c1-12(2)22-14-9-7-13(8-10-14)11-19-20-17(21)15-5-3-4-6-16(15)18/h3-12H,1-2H3,(H,20,21)/b19-11-. The molecule has 0 heterocycles. The Balaban J connectivity index is 1.95. The summed E-state index contributed by atoms with van der Waals surface area (Å²) in [6, 6.07) is 14.3. The van der Waals surface area contributed by atoms with E-state index in [9.17, 15) is 4.79 Å². The van der Waals surface area contributed by atoms with E-state index in [1.54, 1.807) is 30.5 Å². The Kier molecular flexibility index (Phi) is 5.55. The predicted molar refractivity (Wildman–Crippen MR) is 88.7 cm³/mol. The van der Waals surface area contributed by atoms with Gasteiger partial charge in [0.15, 0.2) is 0 Å².